The van der Waals surface area contributed by atoms with Gasteiger partial charge in [-0.2, -0.15) is 0 Å². The standard InChI is InChI=1S/C22H25N3O2/c26-21(16-8-9-16)23-18-12-10-17(11-13-18)22(27)24-19-6-2-3-7-20(19)25-14-4-1-5-15-25/h2-3,6-7,10-13,16H,1,4-5,8-9,14-15H2,(H,23,26)(H,24,27). The van der Waals surface area contributed by atoms with Crippen LogP contribution >= 0.6 is 0 Å². The number of rotatable bonds is 5. The van der Waals surface area contributed by atoms with E-state index in [4.69, 9.17) is 0 Å². The molecular formula is C22H25N3O2. The second-order valence-electron chi connectivity index (χ2n) is 7.36. The molecule has 2 N–H and O–H groups in total. The number of hydrogen-bond donors (Lipinski definition) is 2. The minimum Gasteiger partial charge on any atom is -0.370 e. The van der Waals surface area contributed by atoms with Crippen LogP contribution in [-0.4, -0.2) is 24.9 Å². The van der Waals surface area contributed by atoms with Gasteiger partial charge in [-0.3, -0.25) is 9.59 Å². The Kier molecular flexibility index (Phi) is 5.10. The van der Waals surface area contributed by atoms with E-state index < -0.39 is 0 Å². The number of carbonyl (C=O) groups is 2. The average Bonchev–Trinajstić information content (AvgIpc) is 3.55. The zero-order valence-electron chi connectivity index (χ0n) is 15.4. The molecule has 4 rings (SSSR count). The van der Waals surface area contributed by atoms with E-state index in [1.165, 1.54) is 19.3 Å². The molecule has 0 bridgehead atoms. The Labute approximate surface area is 159 Å². The predicted molar refractivity (Wildman–Crippen MR) is 108 cm³/mol. The van der Waals surface area contributed by atoms with Gasteiger partial charge >= 0.3 is 0 Å². The SMILES string of the molecule is O=C(Nc1ccccc1N1CCCCC1)c1ccc(NC(=O)C2CC2)cc1. The summed E-state index contributed by atoms with van der Waals surface area (Å²) in [4.78, 5) is 26.9. The normalized spacial score (nSPS) is 16.7. The molecule has 1 aliphatic carbocycles. The number of hydrogen-bond acceptors (Lipinski definition) is 3. The maximum atomic E-state index is 12.7. The molecule has 1 saturated carbocycles. The Bertz CT molecular complexity index is 822. The molecule has 1 aliphatic heterocycles. The molecule has 0 atom stereocenters. The van der Waals surface area contributed by atoms with Crippen molar-refractivity contribution < 1.29 is 9.59 Å². The summed E-state index contributed by atoms with van der Waals surface area (Å²) in [6.45, 7) is 2.06. The first-order valence-electron chi connectivity index (χ1n) is 9.77. The van der Waals surface area contributed by atoms with E-state index >= 15 is 0 Å². The quantitative estimate of drug-likeness (QED) is 0.834. The maximum absolute atomic E-state index is 12.7. The van der Waals surface area contributed by atoms with Gasteiger partial charge in [-0.05, 0) is 68.5 Å². The van der Waals surface area contributed by atoms with Crippen LogP contribution in [0.2, 0.25) is 0 Å². The summed E-state index contributed by atoms with van der Waals surface area (Å²) < 4.78 is 0. The van der Waals surface area contributed by atoms with E-state index in [0.717, 1.165) is 43.0 Å². The first kappa shape index (κ1) is 17.6. The summed E-state index contributed by atoms with van der Waals surface area (Å²) in [5.74, 6) is 0.0986. The molecule has 5 nitrogen and oxygen atoms in total. The molecule has 0 aromatic heterocycles. The van der Waals surface area contributed by atoms with Crippen LogP contribution in [0.5, 0.6) is 0 Å². The van der Waals surface area contributed by atoms with E-state index in [1.807, 2.05) is 18.2 Å². The fourth-order valence-electron chi connectivity index (χ4n) is 3.48. The molecule has 2 aromatic carbocycles. The fraction of sp³-hybridized carbons (Fsp3) is 0.364. The minimum absolute atomic E-state index is 0.0719. The number of nitrogens with one attached hydrogen (secondary N) is 2. The van der Waals surface area contributed by atoms with Gasteiger partial charge in [0.15, 0.2) is 0 Å². The van der Waals surface area contributed by atoms with Gasteiger partial charge in [0.1, 0.15) is 0 Å². The Hall–Kier alpha value is -2.82. The molecule has 140 valence electrons. The molecule has 0 unspecified atom stereocenters. The Balaban J connectivity index is 1.43. The molecular weight excluding hydrogens is 338 g/mol. The van der Waals surface area contributed by atoms with Gasteiger partial charge in [-0.1, -0.05) is 12.1 Å². The molecule has 2 amide bonds. The van der Waals surface area contributed by atoms with Crippen LogP contribution in [0.1, 0.15) is 42.5 Å². The monoisotopic (exact) mass is 363 g/mol. The number of para-hydroxylation sites is 2. The zero-order valence-corrected chi connectivity index (χ0v) is 15.4. The molecule has 0 spiro atoms. The lowest BCUT2D eigenvalue weighted by molar-refractivity contribution is -0.117. The summed E-state index contributed by atoms with van der Waals surface area (Å²) in [5.41, 5.74) is 3.24. The van der Waals surface area contributed by atoms with Crippen LogP contribution in [0.15, 0.2) is 48.5 Å². The largest absolute Gasteiger partial charge is 0.370 e. The Morgan fingerprint density at radius 2 is 1.56 bits per heavy atom. The first-order valence-corrected chi connectivity index (χ1v) is 9.77. The summed E-state index contributed by atoms with van der Waals surface area (Å²) in [6.07, 6.45) is 5.60. The van der Waals surface area contributed by atoms with Crippen molar-refractivity contribution in [2.45, 2.75) is 32.1 Å². The maximum Gasteiger partial charge on any atom is 0.255 e. The number of amides is 2. The molecule has 1 heterocycles. The minimum atomic E-state index is -0.139. The second kappa shape index (κ2) is 7.82. The van der Waals surface area contributed by atoms with Gasteiger partial charge in [0, 0.05) is 30.3 Å². The van der Waals surface area contributed by atoms with Gasteiger partial charge in [0.25, 0.3) is 5.91 Å². The zero-order chi connectivity index (χ0) is 18.6. The summed E-state index contributed by atoms with van der Waals surface area (Å²) in [5, 5.41) is 5.94. The van der Waals surface area contributed by atoms with Crippen molar-refractivity contribution in [2.75, 3.05) is 28.6 Å². The highest BCUT2D eigenvalue weighted by Gasteiger charge is 2.29. The average molecular weight is 363 g/mol. The van der Waals surface area contributed by atoms with Crippen LogP contribution < -0.4 is 15.5 Å². The Morgan fingerprint density at radius 1 is 0.852 bits per heavy atom. The number of nitrogens with zero attached hydrogens (tertiary/aromatic N) is 1. The highest BCUT2D eigenvalue weighted by atomic mass is 16.2. The fourth-order valence-corrected chi connectivity index (χ4v) is 3.48. The molecule has 27 heavy (non-hydrogen) atoms. The molecule has 5 heteroatoms. The highest BCUT2D eigenvalue weighted by Crippen LogP contribution is 2.30. The van der Waals surface area contributed by atoms with Crippen LogP contribution in [0.3, 0.4) is 0 Å². The molecule has 2 fully saturated rings. The predicted octanol–water partition coefficient (Wildman–Crippen LogP) is 4.28. The van der Waals surface area contributed by atoms with Crippen LogP contribution in [0.4, 0.5) is 17.1 Å². The van der Waals surface area contributed by atoms with E-state index in [2.05, 4.69) is 21.6 Å². The van der Waals surface area contributed by atoms with E-state index in [-0.39, 0.29) is 17.7 Å². The third kappa shape index (κ3) is 4.30. The van der Waals surface area contributed by atoms with E-state index in [9.17, 15) is 9.59 Å². The van der Waals surface area contributed by atoms with Gasteiger partial charge < -0.3 is 15.5 Å². The molecule has 2 aromatic rings. The number of carbonyl (C=O) groups excluding carboxylic acids is 2. The highest BCUT2D eigenvalue weighted by molar-refractivity contribution is 6.06. The van der Waals surface area contributed by atoms with Gasteiger partial charge in [-0.25, -0.2) is 0 Å². The van der Waals surface area contributed by atoms with Crippen molar-refractivity contribution in [2.24, 2.45) is 5.92 Å². The van der Waals surface area contributed by atoms with Gasteiger partial charge in [0.05, 0.1) is 11.4 Å². The number of benzene rings is 2. The third-order valence-electron chi connectivity index (χ3n) is 5.21. The molecule has 2 aliphatic rings. The van der Waals surface area contributed by atoms with Crippen molar-refractivity contribution in [3.8, 4) is 0 Å². The van der Waals surface area contributed by atoms with Crippen molar-refractivity contribution >= 4 is 28.9 Å². The van der Waals surface area contributed by atoms with Crippen LogP contribution in [0, 0.1) is 5.92 Å². The van der Waals surface area contributed by atoms with Crippen LogP contribution in [-0.2, 0) is 4.79 Å². The van der Waals surface area contributed by atoms with Crippen molar-refractivity contribution in [1.82, 2.24) is 0 Å². The lowest BCUT2D eigenvalue weighted by Crippen LogP contribution is -2.30. The summed E-state index contributed by atoms with van der Waals surface area (Å²) in [7, 11) is 0. The first-order chi connectivity index (χ1) is 13.2. The van der Waals surface area contributed by atoms with Crippen molar-refractivity contribution in [3.05, 3.63) is 54.1 Å². The summed E-state index contributed by atoms with van der Waals surface area (Å²) in [6, 6.07) is 15.0. The van der Waals surface area contributed by atoms with E-state index in [0.29, 0.717) is 5.56 Å². The van der Waals surface area contributed by atoms with Gasteiger partial charge in [-0.15, -0.1) is 0 Å². The summed E-state index contributed by atoms with van der Waals surface area (Å²) >= 11 is 0. The van der Waals surface area contributed by atoms with Gasteiger partial charge in [0.2, 0.25) is 5.91 Å². The Morgan fingerprint density at radius 3 is 2.26 bits per heavy atom. The molecule has 0 radical (unpaired) electrons. The number of anilines is 3. The smallest absolute Gasteiger partial charge is 0.255 e. The van der Waals surface area contributed by atoms with Crippen LogP contribution in [0.25, 0.3) is 0 Å². The van der Waals surface area contributed by atoms with E-state index in [1.54, 1.807) is 24.3 Å². The topological polar surface area (TPSA) is 61.4 Å². The van der Waals surface area contributed by atoms with Crippen molar-refractivity contribution in [1.29, 1.82) is 0 Å². The lowest BCUT2D eigenvalue weighted by atomic mass is 10.1. The number of piperidine rings is 1. The second-order valence-corrected chi connectivity index (χ2v) is 7.36. The lowest BCUT2D eigenvalue weighted by Gasteiger charge is -2.30. The molecule has 1 saturated heterocycles. The third-order valence-corrected chi connectivity index (χ3v) is 5.21. The van der Waals surface area contributed by atoms with Crippen molar-refractivity contribution in [3.63, 3.8) is 0 Å².